The van der Waals surface area contributed by atoms with Gasteiger partial charge in [-0.2, -0.15) is 0 Å². The van der Waals surface area contributed by atoms with Gasteiger partial charge in [0.1, 0.15) is 0 Å². The quantitative estimate of drug-likeness (QED) is 0.877. The van der Waals surface area contributed by atoms with Crippen molar-refractivity contribution in [3.8, 4) is 5.75 Å². The average molecular weight is 238 g/mol. The summed E-state index contributed by atoms with van der Waals surface area (Å²) in [5.74, 6) is -1.65. The monoisotopic (exact) mass is 237 g/mol. The molecular weight excluding hydrogens is 232 g/mol. The van der Waals surface area contributed by atoms with Gasteiger partial charge >= 0.3 is 5.97 Å². The molecular formula is C8H6ClF2NO3. The lowest BCUT2D eigenvalue weighted by Crippen LogP contribution is -2.07. The molecule has 1 N–H and O–H groups in total. The number of methoxy groups -OCH3 is 1. The molecule has 0 fully saturated rings. The van der Waals surface area contributed by atoms with Gasteiger partial charge in [-0.15, -0.1) is 0 Å². The maximum atomic E-state index is 12.5. The van der Waals surface area contributed by atoms with Gasteiger partial charge in [-0.1, -0.05) is 11.6 Å². The van der Waals surface area contributed by atoms with Gasteiger partial charge in [-0.3, -0.25) is 0 Å². The Bertz CT molecular complexity index is 398. The van der Waals surface area contributed by atoms with E-state index in [1.807, 2.05) is 0 Å². The lowest BCUT2D eigenvalue weighted by molar-refractivity contribution is 0.0677. The first-order valence-corrected chi connectivity index (χ1v) is 4.10. The van der Waals surface area contributed by atoms with Crippen LogP contribution in [0.15, 0.2) is 6.20 Å². The number of alkyl halides is 2. The van der Waals surface area contributed by atoms with Crippen molar-refractivity contribution in [2.75, 3.05) is 7.11 Å². The summed E-state index contributed by atoms with van der Waals surface area (Å²) < 4.78 is 29.7. The Hall–Kier alpha value is -1.43. The van der Waals surface area contributed by atoms with Crippen LogP contribution in [0, 0.1) is 0 Å². The van der Waals surface area contributed by atoms with Crippen LogP contribution in [0.2, 0.25) is 5.02 Å². The summed E-state index contributed by atoms with van der Waals surface area (Å²) in [6.45, 7) is 0. The molecule has 0 spiro atoms. The zero-order chi connectivity index (χ0) is 11.6. The van der Waals surface area contributed by atoms with Gasteiger partial charge < -0.3 is 9.84 Å². The summed E-state index contributed by atoms with van der Waals surface area (Å²) in [6, 6.07) is 0. The summed E-state index contributed by atoms with van der Waals surface area (Å²) >= 11 is 5.54. The second kappa shape index (κ2) is 4.39. The molecule has 0 radical (unpaired) electrons. The zero-order valence-corrected chi connectivity index (χ0v) is 8.26. The number of ether oxygens (including phenoxy) is 1. The van der Waals surface area contributed by atoms with Crippen molar-refractivity contribution in [1.82, 2.24) is 4.98 Å². The maximum Gasteiger partial charge on any atom is 0.355 e. The standard InChI is InChI=1S/C8H6ClF2NO3/c1-15-3-2-12-6(8(13)14)4(5(3)9)7(10)11/h2,7H,1H3,(H,13,14). The summed E-state index contributed by atoms with van der Waals surface area (Å²) in [4.78, 5) is 13.9. The molecule has 7 heteroatoms. The summed E-state index contributed by atoms with van der Waals surface area (Å²) in [7, 11) is 1.22. The Balaban J connectivity index is 3.44. The first kappa shape index (κ1) is 11.6. The van der Waals surface area contributed by atoms with E-state index < -0.39 is 28.7 Å². The maximum absolute atomic E-state index is 12.5. The minimum absolute atomic E-state index is 0.0861. The highest BCUT2D eigenvalue weighted by Gasteiger charge is 2.25. The molecule has 0 saturated carbocycles. The van der Waals surface area contributed by atoms with Crippen molar-refractivity contribution in [1.29, 1.82) is 0 Å². The van der Waals surface area contributed by atoms with Crippen LogP contribution in [0.4, 0.5) is 8.78 Å². The molecule has 0 aliphatic rings. The van der Waals surface area contributed by atoms with Crippen LogP contribution in [-0.4, -0.2) is 23.2 Å². The Labute approximate surface area is 88.4 Å². The van der Waals surface area contributed by atoms with Gasteiger partial charge in [-0.05, 0) is 0 Å². The smallest absolute Gasteiger partial charge is 0.355 e. The van der Waals surface area contributed by atoms with Crippen LogP contribution in [-0.2, 0) is 0 Å². The van der Waals surface area contributed by atoms with E-state index in [2.05, 4.69) is 9.72 Å². The highest BCUT2D eigenvalue weighted by Crippen LogP contribution is 2.35. The highest BCUT2D eigenvalue weighted by atomic mass is 35.5. The fourth-order valence-corrected chi connectivity index (χ4v) is 1.30. The third kappa shape index (κ3) is 2.15. The normalized spacial score (nSPS) is 10.5. The van der Waals surface area contributed by atoms with Gasteiger partial charge in [0.25, 0.3) is 6.43 Å². The number of aromatic carboxylic acids is 1. The molecule has 0 saturated heterocycles. The van der Waals surface area contributed by atoms with E-state index in [1.165, 1.54) is 7.11 Å². The van der Waals surface area contributed by atoms with Gasteiger partial charge in [0, 0.05) is 0 Å². The largest absolute Gasteiger partial charge is 0.494 e. The van der Waals surface area contributed by atoms with Crippen LogP contribution in [0.25, 0.3) is 0 Å². The highest BCUT2D eigenvalue weighted by molar-refractivity contribution is 6.33. The Morgan fingerprint density at radius 2 is 2.27 bits per heavy atom. The Kier molecular flexibility index (Phi) is 3.41. The number of carboxylic acids is 1. The zero-order valence-electron chi connectivity index (χ0n) is 7.50. The van der Waals surface area contributed by atoms with Crippen LogP contribution in [0.5, 0.6) is 5.75 Å². The van der Waals surface area contributed by atoms with E-state index in [0.29, 0.717) is 0 Å². The molecule has 15 heavy (non-hydrogen) atoms. The molecule has 0 amide bonds. The molecule has 0 aliphatic heterocycles. The molecule has 1 aromatic rings. The molecule has 1 aromatic heterocycles. The number of hydrogen-bond acceptors (Lipinski definition) is 3. The van der Waals surface area contributed by atoms with Gasteiger partial charge in [0.2, 0.25) is 0 Å². The predicted molar refractivity (Wildman–Crippen MR) is 47.7 cm³/mol. The van der Waals surface area contributed by atoms with Crippen molar-refractivity contribution in [3.05, 3.63) is 22.5 Å². The number of carboxylic acid groups (broad SMARTS) is 1. The van der Waals surface area contributed by atoms with Gasteiger partial charge in [-0.25, -0.2) is 18.6 Å². The number of carbonyl (C=O) groups is 1. The second-order valence-electron chi connectivity index (χ2n) is 2.51. The number of aromatic nitrogens is 1. The number of nitrogens with zero attached hydrogens (tertiary/aromatic N) is 1. The van der Waals surface area contributed by atoms with Crippen molar-refractivity contribution < 1.29 is 23.4 Å². The van der Waals surface area contributed by atoms with Crippen LogP contribution >= 0.6 is 11.6 Å². The van der Waals surface area contributed by atoms with Crippen molar-refractivity contribution in [2.45, 2.75) is 6.43 Å². The topological polar surface area (TPSA) is 59.4 Å². The molecule has 0 aromatic carbocycles. The summed E-state index contributed by atoms with van der Waals surface area (Å²) in [5, 5.41) is 8.18. The Morgan fingerprint density at radius 3 is 2.67 bits per heavy atom. The number of hydrogen-bond donors (Lipinski definition) is 1. The summed E-state index contributed by atoms with van der Waals surface area (Å²) in [6.07, 6.45) is -2.04. The van der Waals surface area contributed by atoms with E-state index in [9.17, 15) is 13.6 Å². The summed E-state index contributed by atoms with van der Waals surface area (Å²) in [5.41, 5.74) is -1.60. The van der Waals surface area contributed by atoms with E-state index in [-0.39, 0.29) is 5.75 Å². The molecule has 0 unspecified atom stereocenters. The number of rotatable bonds is 3. The predicted octanol–water partition coefficient (Wildman–Crippen LogP) is 2.38. The molecule has 82 valence electrons. The lowest BCUT2D eigenvalue weighted by Gasteiger charge is -2.09. The molecule has 1 rings (SSSR count). The van der Waals surface area contributed by atoms with E-state index >= 15 is 0 Å². The van der Waals surface area contributed by atoms with Gasteiger partial charge in [0.05, 0.1) is 23.9 Å². The van der Waals surface area contributed by atoms with Crippen LogP contribution in [0.3, 0.4) is 0 Å². The van der Waals surface area contributed by atoms with Crippen molar-refractivity contribution >= 4 is 17.6 Å². The molecule has 0 aliphatic carbocycles. The number of pyridine rings is 1. The first-order valence-electron chi connectivity index (χ1n) is 3.72. The Morgan fingerprint density at radius 1 is 1.67 bits per heavy atom. The van der Waals surface area contributed by atoms with E-state index in [4.69, 9.17) is 16.7 Å². The SMILES string of the molecule is COc1cnc(C(=O)O)c(C(F)F)c1Cl. The van der Waals surface area contributed by atoms with E-state index in [0.717, 1.165) is 6.20 Å². The van der Waals surface area contributed by atoms with Crippen molar-refractivity contribution in [3.63, 3.8) is 0 Å². The molecule has 4 nitrogen and oxygen atoms in total. The fraction of sp³-hybridized carbons (Fsp3) is 0.250. The minimum Gasteiger partial charge on any atom is -0.494 e. The molecule has 1 heterocycles. The third-order valence-corrected chi connectivity index (χ3v) is 2.05. The van der Waals surface area contributed by atoms with E-state index in [1.54, 1.807) is 0 Å². The molecule has 0 bridgehead atoms. The lowest BCUT2D eigenvalue weighted by atomic mass is 10.2. The molecule has 0 atom stereocenters. The van der Waals surface area contributed by atoms with Gasteiger partial charge in [0.15, 0.2) is 11.4 Å². The van der Waals surface area contributed by atoms with Crippen LogP contribution < -0.4 is 4.74 Å². The van der Waals surface area contributed by atoms with Crippen molar-refractivity contribution in [2.24, 2.45) is 0 Å². The second-order valence-corrected chi connectivity index (χ2v) is 2.89. The third-order valence-electron chi connectivity index (χ3n) is 1.66. The van der Waals surface area contributed by atoms with Crippen LogP contribution in [0.1, 0.15) is 22.5 Å². The number of halogens is 3. The fourth-order valence-electron chi connectivity index (χ4n) is 0.998. The average Bonchev–Trinajstić information content (AvgIpc) is 2.16. The minimum atomic E-state index is -3.02. The first-order chi connectivity index (χ1) is 6.99.